The summed E-state index contributed by atoms with van der Waals surface area (Å²) in [4.78, 5) is 25.8. The van der Waals surface area contributed by atoms with Crippen LogP contribution in [-0.4, -0.2) is 23.1 Å². The number of hydrogen-bond acceptors (Lipinski definition) is 3. The fourth-order valence-corrected chi connectivity index (χ4v) is 11.7. The molecule has 0 amide bonds. The van der Waals surface area contributed by atoms with E-state index in [0.29, 0.717) is 30.1 Å². The summed E-state index contributed by atoms with van der Waals surface area (Å²) in [6.45, 7) is 23.4. The lowest BCUT2D eigenvalue weighted by Gasteiger charge is -2.71. The third-order valence-corrected chi connectivity index (χ3v) is 14.3. The van der Waals surface area contributed by atoms with Crippen molar-refractivity contribution in [3.8, 4) is 0 Å². The monoisotopic (exact) mass is 554 g/mol. The van der Waals surface area contributed by atoms with Crippen LogP contribution in [0.5, 0.6) is 0 Å². The first-order valence-electron chi connectivity index (χ1n) is 16.5. The third kappa shape index (κ3) is 4.10. The van der Waals surface area contributed by atoms with E-state index in [-0.39, 0.29) is 45.1 Å². The molecule has 0 unspecified atom stereocenters. The number of fused-ring (bicyclic) bond motifs is 7. The van der Waals surface area contributed by atoms with Crippen molar-refractivity contribution >= 4 is 11.9 Å². The van der Waals surface area contributed by atoms with Gasteiger partial charge in [-0.05, 0) is 109 Å². The molecule has 4 saturated carbocycles. The Morgan fingerprint density at radius 2 is 1.60 bits per heavy atom. The average Bonchev–Trinajstić information content (AvgIpc) is 2.82. The Balaban J connectivity index is 1.48. The molecule has 1 N–H and O–H groups in total. The quantitative estimate of drug-likeness (QED) is 0.279. The zero-order valence-electron chi connectivity index (χ0n) is 27.3. The van der Waals surface area contributed by atoms with Gasteiger partial charge in [-0.25, -0.2) is 0 Å². The third-order valence-electron chi connectivity index (χ3n) is 14.3. The van der Waals surface area contributed by atoms with Gasteiger partial charge < -0.3 is 9.84 Å². The second kappa shape index (κ2) is 9.34. The van der Waals surface area contributed by atoms with Crippen LogP contribution in [0.1, 0.15) is 133 Å². The number of ether oxygens (including phenoxy) is 1. The molecule has 5 aliphatic carbocycles. The van der Waals surface area contributed by atoms with Crippen molar-refractivity contribution in [2.75, 3.05) is 0 Å². The SMILES string of the molecule is C[C@H]1[C@H](C)CC[C@]2(C(=O)O)CC[C@]3(C)C(=CC[C@@H]4[C@@]5(C)CC[C@H](OC(=O)CC(C)(C)C)C(C)(C)[C@@H]5CC[C@]43C)[C@H]12. The number of carbonyl (C=O) groups is 2. The Labute approximate surface area is 244 Å². The molecule has 0 saturated heterocycles. The highest BCUT2D eigenvalue weighted by Crippen LogP contribution is 2.75. The van der Waals surface area contributed by atoms with Gasteiger partial charge in [-0.1, -0.05) is 80.9 Å². The smallest absolute Gasteiger partial charge is 0.310 e. The lowest BCUT2D eigenvalue weighted by atomic mass is 9.33. The summed E-state index contributed by atoms with van der Waals surface area (Å²) in [6.07, 6.45) is 12.1. The van der Waals surface area contributed by atoms with Gasteiger partial charge in [0.05, 0.1) is 11.8 Å². The minimum Gasteiger partial charge on any atom is -0.481 e. The van der Waals surface area contributed by atoms with Gasteiger partial charge in [-0.3, -0.25) is 9.59 Å². The molecule has 0 heterocycles. The topological polar surface area (TPSA) is 63.6 Å². The second-order valence-electron chi connectivity index (χ2n) is 17.7. The van der Waals surface area contributed by atoms with Crippen LogP contribution in [0, 0.1) is 62.1 Å². The summed E-state index contributed by atoms with van der Waals surface area (Å²) in [5.74, 6) is 1.59. The van der Waals surface area contributed by atoms with E-state index >= 15 is 0 Å². The van der Waals surface area contributed by atoms with Crippen molar-refractivity contribution in [1.82, 2.24) is 0 Å². The normalized spacial score (nSPS) is 48.0. The van der Waals surface area contributed by atoms with Gasteiger partial charge in [-0.2, -0.15) is 0 Å². The Kier molecular flexibility index (Phi) is 7.04. The zero-order chi connectivity index (χ0) is 29.7. The number of hydrogen-bond donors (Lipinski definition) is 1. The molecule has 5 aliphatic rings. The molecule has 0 radical (unpaired) electrons. The van der Waals surface area contributed by atoms with Crippen molar-refractivity contribution in [3.05, 3.63) is 11.6 Å². The Morgan fingerprint density at radius 3 is 2.23 bits per heavy atom. The van der Waals surface area contributed by atoms with Gasteiger partial charge in [0, 0.05) is 5.41 Å². The van der Waals surface area contributed by atoms with E-state index in [0.717, 1.165) is 51.4 Å². The number of allylic oxidation sites excluding steroid dienone is 2. The molecule has 4 heteroatoms. The van der Waals surface area contributed by atoms with Crippen LogP contribution in [0.4, 0.5) is 0 Å². The van der Waals surface area contributed by atoms with Gasteiger partial charge >= 0.3 is 11.9 Å². The molecule has 0 bridgehead atoms. The summed E-state index contributed by atoms with van der Waals surface area (Å²) in [6, 6.07) is 0. The minimum atomic E-state index is -0.585. The van der Waals surface area contributed by atoms with Crippen LogP contribution >= 0.6 is 0 Å². The Hall–Kier alpha value is -1.32. The summed E-state index contributed by atoms with van der Waals surface area (Å²) in [7, 11) is 0. The Morgan fingerprint density at radius 1 is 0.925 bits per heavy atom. The number of carboxylic acid groups (broad SMARTS) is 1. The zero-order valence-corrected chi connectivity index (χ0v) is 27.3. The first-order chi connectivity index (χ1) is 18.3. The molecule has 0 aromatic carbocycles. The summed E-state index contributed by atoms with van der Waals surface area (Å²) >= 11 is 0. The molecule has 226 valence electrons. The van der Waals surface area contributed by atoms with Gasteiger partial charge in [0.1, 0.15) is 6.10 Å². The summed E-state index contributed by atoms with van der Waals surface area (Å²) in [5.41, 5.74) is 1.17. The molecule has 0 aromatic rings. The molecule has 0 spiro atoms. The van der Waals surface area contributed by atoms with Crippen molar-refractivity contribution in [3.63, 3.8) is 0 Å². The number of carboxylic acids is 1. The lowest BCUT2D eigenvalue weighted by molar-refractivity contribution is -0.215. The van der Waals surface area contributed by atoms with E-state index < -0.39 is 11.4 Å². The summed E-state index contributed by atoms with van der Waals surface area (Å²) < 4.78 is 6.25. The van der Waals surface area contributed by atoms with Crippen LogP contribution in [0.15, 0.2) is 11.6 Å². The summed E-state index contributed by atoms with van der Waals surface area (Å²) in [5, 5.41) is 10.6. The highest BCUT2D eigenvalue weighted by molar-refractivity contribution is 5.76. The Bertz CT molecular complexity index is 1080. The molecule has 5 rings (SSSR count). The maximum Gasteiger partial charge on any atom is 0.310 e. The highest BCUT2D eigenvalue weighted by Gasteiger charge is 2.69. The number of carbonyl (C=O) groups excluding carboxylic acids is 1. The molecular formula is C36H58O4. The molecule has 0 aliphatic heterocycles. The van der Waals surface area contributed by atoms with Crippen molar-refractivity contribution in [2.24, 2.45) is 62.1 Å². The number of esters is 1. The lowest BCUT2D eigenvalue weighted by Crippen LogP contribution is -2.65. The largest absolute Gasteiger partial charge is 0.481 e. The minimum absolute atomic E-state index is 0.0227. The molecule has 4 nitrogen and oxygen atoms in total. The number of rotatable bonds is 3. The van der Waals surface area contributed by atoms with E-state index in [9.17, 15) is 14.7 Å². The first-order valence-corrected chi connectivity index (χ1v) is 16.5. The maximum atomic E-state index is 12.9. The number of aliphatic carboxylic acids is 1. The van der Waals surface area contributed by atoms with Gasteiger partial charge in [0.15, 0.2) is 0 Å². The fraction of sp³-hybridized carbons (Fsp3) is 0.889. The van der Waals surface area contributed by atoms with Crippen molar-refractivity contribution in [2.45, 2.75) is 140 Å². The van der Waals surface area contributed by atoms with Gasteiger partial charge in [0.25, 0.3) is 0 Å². The van der Waals surface area contributed by atoms with Gasteiger partial charge in [0.2, 0.25) is 0 Å². The van der Waals surface area contributed by atoms with E-state index in [1.807, 2.05) is 0 Å². The molecule has 10 atom stereocenters. The van der Waals surface area contributed by atoms with E-state index in [1.54, 1.807) is 0 Å². The van der Waals surface area contributed by atoms with E-state index in [2.05, 4.69) is 75.3 Å². The first kappa shape index (κ1) is 30.1. The molecule has 40 heavy (non-hydrogen) atoms. The fourth-order valence-electron chi connectivity index (χ4n) is 11.7. The van der Waals surface area contributed by atoms with Crippen LogP contribution in [0.2, 0.25) is 0 Å². The second-order valence-corrected chi connectivity index (χ2v) is 17.7. The van der Waals surface area contributed by atoms with Crippen LogP contribution in [0.25, 0.3) is 0 Å². The van der Waals surface area contributed by atoms with Crippen LogP contribution < -0.4 is 0 Å². The highest BCUT2D eigenvalue weighted by atomic mass is 16.5. The standard InChI is InChI=1S/C36H58O4/c1-22-13-18-36(30(38)39)20-19-34(9)24(29(36)23(22)2)11-12-26-33(8)16-15-27(40-28(37)21-31(3,4)5)32(6,7)25(33)14-17-35(26,34)10/h11,22-23,25-27,29H,12-21H2,1-10H3,(H,38,39)/t22-,23+,25+,26-,27+,29+,33+,34-,35-,36+/m1/s1. The van der Waals surface area contributed by atoms with Crippen molar-refractivity contribution < 1.29 is 19.4 Å². The predicted octanol–water partition coefficient (Wildman–Crippen LogP) is 9.08. The predicted molar refractivity (Wildman–Crippen MR) is 161 cm³/mol. The van der Waals surface area contributed by atoms with Gasteiger partial charge in [-0.15, -0.1) is 0 Å². The van der Waals surface area contributed by atoms with Crippen LogP contribution in [0.3, 0.4) is 0 Å². The average molecular weight is 555 g/mol. The van der Waals surface area contributed by atoms with Crippen molar-refractivity contribution in [1.29, 1.82) is 0 Å². The van der Waals surface area contributed by atoms with Crippen LogP contribution in [-0.2, 0) is 14.3 Å². The van der Waals surface area contributed by atoms with E-state index in [1.165, 1.54) is 12.0 Å². The molecular weight excluding hydrogens is 496 g/mol. The van der Waals surface area contributed by atoms with E-state index in [4.69, 9.17) is 4.74 Å². The molecule has 4 fully saturated rings. The molecule has 0 aromatic heterocycles. The maximum absolute atomic E-state index is 12.9.